The van der Waals surface area contributed by atoms with Crippen molar-refractivity contribution in [2.24, 2.45) is 0 Å². The molecule has 6 heteroatoms. The molecule has 92 valence electrons. The number of nitrogens with zero attached hydrogens (tertiary/aromatic N) is 5. The standard InChI is InChI=1S/C11H18N6/c1-3-12-11-14-10(2)9-16(11)6-4-7-17-8-5-13-15-17/h5,8-9H,3-4,6-7H2,1-2H3,(H,12,14). The van der Waals surface area contributed by atoms with E-state index in [1.54, 1.807) is 6.20 Å². The average molecular weight is 234 g/mol. The number of hydrogen-bond acceptors (Lipinski definition) is 4. The number of nitrogens with one attached hydrogen (secondary N) is 1. The Kier molecular flexibility index (Phi) is 3.74. The van der Waals surface area contributed by atoms with Crippen LogP contribution in [0.4, 0.5) is 5.95 Å². The zero-order chi connectivity index (χ0) is 12.1. The van der Waals surface area contributed by atoms with Crippen LogP contribution in [0.3, 0.4) is 0 Å². The van der Waals surface area contributed by atoms with Crippen LogP contribution >= 0.6 is 0 Å². The summed E-state index contributed by atoms with van der Waals surface area (Å²) < 4.78 is 3.99. The molecule has 0 saturated heterocycles. The Labute approximate surface area is 101 Å². The third kappa shape index (κ3) is 3.05. The fourth-order valence-corrected chi connectivity index (χ4v) is 1.77. The first kappa shape index (κ1) is 11.6. The first-order valence-corrected chi connectivity index (χ1v) is 5.91. The Morgan fingerprint density at radius 1 is 1.35 bits per heavy atom. The molecule has 0 aliphatic rings. The highest BCUT2D eigenvalue weighted by Gasteiger charge is 2.03. The minimum absolute atomic E-state index is 0.878. The minimum atomic E-state index is 0.878. The van der Waals surface area contributed by atoms with E-state index < -0.39 is 0 Å². The molecule has 0 radical (unpaired) electrons. The summed E-state index contributed by atoms with van der Waals surface area (Å²) in [6.45, 7) is 6.78. The topological polar surface area (TPSA) is 60.6 Å². The quantitative estimate of drug-likeness (QED) is 0.818. The molecule has 1 N–H and O–H groups in total. The number of aromatic nitrogens is 5. The van der Waals surface area contributed by atoms with Gasteiger partial charge in [0.25, 0.3) is 0 Å². The summed E-state index contributed by atoms with van der Waals surface area (Å²) in [4.78, 5) is 4.43. The molecule has 2 rings (SSSR count). The van der Waals surface area contributed by atoms with E-state index in [2.05, 4.69) is 38.3 Å². The van der Waals surface area contributed by atoms with Gasteiger partial charge in [0, 0.05) is 32.0 Å². The van der Waals surface area contributed by atoms with E-state index in [-0.39, 0.29) is 0 Å². The Bertz CT molecular complexity index is 444. The van der Waals surface area contributed by atoms with Gasteiger partial charge in [0.1, 0.15) is 0 Å². The lowest BCUT2D eigenvalue weighted by molar-refractivity contribution is 0.516. The molecule has 0 aromatic carbocycles. The maximum Gasteiger partial charge on any atom is 0.203 e. The van der Waals surface area contributed by atoms with Gasteiger partial charge in [-0.3, -0.25) is 4.68 Å². The number of hydrogen-bond donors (Lipinski definition) is 1. The SMILES string of the molecule is CCNc1nc(C)cn1CCCn1ccnn1. The fraction of sp³-hybridized carbons (Fsp3) is 0.545. The molecule has 2 aromatic heterocycles. The Balaban J connectivity index is 1.89. The predicted octanol–water partition coefficient (Wildman–Crippen LogP) is 1.31. The van der Waals surface area contributed by atoms with Gasteiger partial charge in [0.15, 0.2) is 0 Å². The molecule has 0 bridgehead atoms. The van der Waals surface area contributed by atoms with Gasteiger partial charge in [0.2, 0.25) is 5.95 Å². The largest absolute Gasteiger partial charge is 0.356 e. The third-order valence-electron chi connectivity index (χ3n) is 2.49. The fourth-order valence-electron chi connectivity index (χ4n) is 1.77. The van der Waals surface area contributed by atoms with Crippen LogP contribution in [0.1, 0.15) is 19.0 Å². The molecular formula is C11H18N6. The molecule has 0 fully saturated rings. The van der Waals surface area contributed by atoms with E-state index in [1.807, 2.05) is 17.8 Å². The lowest BCUT2D eigenvalue weighted by Crippen LogP contribution is -2.09. The highest BCUT2D eigenvalue weighted by atomic mass is 15.4. The van der Waals surface area contributed by atoms with Gasteiger partial charge in [-0.15, -0.1) is 5.10 Å². The van der Waals surface area contributed by atoms with Crippen LogP contribution in [-0.4, -0.2) is 31.1 Å². The van der Waals surface area contributed by atoms with Gasteiger partial charge in [-0.05, 0) is 20.3 Å². The summed E-state index contributed by atoms with van der Waals surface area (Å²) >= 11 is 0. The first-order valence-electron chi connectivity index (χ1n) is 5.91. The van der Waals surface area contributed by atoms with Crippen LogP contribution in [0.25, 0.3) is 0 Å². The number of rotatable bonds is 6. The van der Waals surface area contributed by atoms with Gasteiger partial charge >= 0.3 is 0 Å². The van der Waals surface area contributed by atoms with E-state index in [0.29, 0.717) is 0 Å². The molecule has 0 atom stereocenters. The highest BCUT2D eigenvalue weighted by molar-refractivity contribution is 5.28. The Hall–Kier alpha value is -1.85. The van der Waals surface area contributed by atoms with Crippen LogP contribution in [0, 0.1) is 6.92 Å². The monoisotopic (exact) mass is 234 g/mol. The second kappa shape index (κ2) is 5.47. The summed E-state index contributed by atoms with van der Waals surface area (Å²) in [6, 6.07) is 0. The maximum absolute atomic E-state index is 4.43. The Morgan fingerprint density at radius 2 is 2.24 bits per heavy atom. The van der Waals surface area contributed by atoms with Crippen molar-refractivity contribution in [1.29, 1.82) is 0 Å². The molecule has 0 unspecified atom stereocenters. The van der Waals surface area contributed by atoms with E-state index >= 15 is 0 Å². The number of imidazole rings is 1. The first-order chi connectivity index (χ1) is 8.29. The lowest BCUT2D eigenvalue weighted by atomic mass is 10.4. The molecule has 0 amide bonds. The number of aryl methyl sites for hydroxylation is 3. The van der Waals surface area contributed by atoms with Gasteiger partial charge in [0.05, 0.1) is 11.9 Å². The van der Waals surface area contributed by atoms with Crippen LogP contribution in [0.5, 0.6) is 0 Å². The van der Waals surface area contributed by atoms with Crippen LogP contribution in [0.2, 0.25) is 0 Å². The second-order valence-electron chi connectivity index (χ2n) is 3.95. The molecule has 2 heterocycles. The predicted molar refractivity (Wildman–Crippen MR) is 65.8 cm³/mol. The van der Waals surface area contributed by atoms with E-state index in [4.69, 9.17) is 0 Å². The van der Waals surface area contributed by atoms with E-state index in [0.717, 1.165) is 37.7 Å². The Morgan fingerprint density at radius 3 is 2.94 bits per heavy atom. The molecule has 17 heavy (non-hydrogen) atoms. The van der Waals surface area contributed by atoms with Crippen molar-refractivity contribution in [1.82, 2.24) is 24.5 Å². The van der Waals surface area contributed by atoms with E-state index in [9.17, 15) is 0 Å². The third-order valence-corrected chi connectivity index (χ3v) is 2.49. The lowest BCUT2D eigenvalue weighted by Gasteiger charge is -2.07. The molecule has 0 aliphatic heterocycles. The average Bonchev–Trinajstić information content (AvgIpc) is 2.90. The van der Waals surface area contributed by atoms with Gasteiger partial charge < -0.3 is 9.88 Å². The van der Waals surface area contributed by atoms with Crippen LogP contribution in [-0.2, 0) is 13.1 Å². The zero-order valence-electron chi connectivity index (χ0n) is 10.3. The number of anilines is 1. The summed E-state index contributed by atoms with van der Waals surface area (Å²) in [6.07, 6.45) is 6.66. The second-order valence-corrected chi connectivity index (χ2v) is 3.95. The van der Waals surface area contributed by atoms with Crippen molar-refractivity contribution >= 4 is 5.95 Å². The summed E-state index contributed by atoms with van der Waals surface area (Å²) in [5.41, 5.74) is 1.04. The normalized spacial score (nSPS) is 10.7. The van der Waals surface area contributed by atoms with Crippen molar-refractivity contribution < 1.29 is 0 Å². The van der Waals surface area contributed by atoms with Crippen molar-refractivity contribution in [2.45, 2.75) is 33.4 Å². The molecule has 0 aliphatic carbocycles. The molecule has 0 saturated carbocycles. The maximum atomic E-state index is 4.43. The smallest absolute Gasteiger partial charge is 0.203 e. The minimum Gasteiger partial charge on any atom is -0.356 e. The zero-order valence-corrected chi connectivity index (χ0v) is 10.3. The van der Waals surface area contributed by atoms with Gasteiger partial charge in [-0.25, -0.2) is 4.98 Å². The summed E-state index contributed by atoms with van der Waals surface area (Å²) in [5, 5.41) is 11.0. The summed E-state index contributed by atoms with van der Waals surface area (Å²) in [7, 11) is 0. The van der Waals surface area contributed by atoms with E-state index in [1.165, 1.54) is 0 Å². The van der Waals surface area contributed by atoms with Crippen molar-refractivity contribution in [3.63, 3.8) is 0 Å². The van der Waals surface area contributed by atoms with Crippen molar-refractivity contribution in [2.75, 3.05) is 11.9 Å². The molecule has 0 spiro atoms. The van der Waals surface area contributed by atoms with Crippen LogP contribution in [0.15, 0.2) is 18.6 Å². The van der Waals surface area contributed by atoms with Gasteiger partial charge in [-0.2, -0.15) is 0 Å². The highest BCUT2D eigenvalue weighted by Crippen LogP contribution is 2.09. The van der Waals surface area contributed by atoms with Crippen molar-refractivity contribution in [3.05, 3.63) is 24.3 Å². The van der Waals surface area contributed by atoms with Gasteiger partial charge in [-0.1, -0.05) is 5.21 Å². The summed E-state index contributed by atoms with van der Waals surface area (Å²) in [5.74, 6) is 0.948. The molecule has 6 nitrogen and oxygen atoms in total. The molecular weight excluding hydrogens is 216 g/mol. The van der Waals surface area contributed by atoms with Crippen LogP contribution < -0.4 is 5.32 Å². The van der Waals surface area contributed by atoms with Crippen molar-refractivity contribution in [3.8, 4) is 0 Å². The molecule has 2 aromatic rings.